The van der Waals surface area contributed by atoms with Gasteiger partial charge in [-0.3, -0.25) is 14.5 Å². The zero-order chi connectivity index (χ0) is 20.6. The van der Waals surface area contributed by atoms with Crippen LogP contribution < -0.4 is 10.6 Å². The normalized spacial score (nSPS) is 12.0. The van der Waals surface area contributed by atoms with Gasteiger partial charge >= 0.3 is 6.18 Å². The number of carbonyl (C=O) groups excluding carboxylic acids is 1. The van der Waals surface area contributed by atoms with Crippen LogP contribution in [-0.2, 0) is 17.9 Å². The summed E-state index contributed by atoms with van der Waals surface area (Å²) >= 11 is 0. The van der Waals surface area contributed by atoms with Crippen molar-refractivity contribution in [2.45, 2.75) is 19.3 Å². The fourth-order valence-corrected chi connectivity index (χ4v) is 2.50. The van der Waals surface area contributed by atoms with E-state index >= 15 is 0 Å². The average Bonchev–Trinajstić information content (AvgIpc) is 3.14. The lowest BCUT2D eigenvalue weighted by atomic mass is 10.1. The monoisotopic (exact) mass is 396 g/mol. The van der Waals surface area contributed by atoms with Crippen molar-refractivity contribution in [2.75, 3.05) is 27.2 Å². The van der Waals surface area contributed by atoms with Crippen molar-refractivity contribution in [3.63, 3.8) is 0 Å². The molecule has 0 saturated heterocycles. The molecular formula is C18H23F3N6O. The van der Waals surface area contributed by atoms with Gasteiger partial charge in [-0.1, -0.05) is 24.3 Å². The molecule has 0 aliphatic rings. The van der Waals surface area contributed by atoms with Gasteiger partial charge < -0.3 is 15.5 Å². The second kappa shape index (κ2) is 9.77. The van der Waals surface area contributed by atoms with Crippen LogP contribution in [0.1, 0.15) is 11.1 Å². The highest BCUT2D eigenvalue weighted by atomic mass is 19.4. The maximum absolute atomic E-state index is 12.4. The van der Waals surface area contributed by atoms with Gasteiger partial charge in [-0.05, 0) is 17.2 Å². The topological polar surface area (TPSA) is 74.6 Å². The van der Waals surface area contributed by atoms with E-state index in [4.69, 9.17) is 0 Å². The first-order valence-electron chi connectivity index (χ1n) is 8.58. The summed E-state index contributed by atoms with van der Waals surface area (Å²) in [7, 11) is 2.63. The second-order valence-corrected chi connectivity index (χ2v) is 6.12. The molecular weight excluding hydrogens is 373 g/mol. The first-order valence-corrected chi connectivity index (χ1v) is 8.58. The van der Waals surface area contributed by atoms with E-state index in [0.29, 0.717) is 23.9 Å². The van der Waals surface area contributed by atoms with Crippen LogP contribution in [-0.4, -0.2) is 59.9 Å². The minimum absolute atomic E-state index is 0.290. The van der Waals surface area contributed by atoms with Crippen LogP contribution in [0.15, 0.2) is 47.7 Å². The summed E-state index contributed by atoms with van der Waals surface area (Å²) in [5.74, 6) is -0.359. The third-order valence-corrected chi connectivity index (χ3v) is 3.93. The Balaban J connectivity index is 1.88. The van der Waals surface area contributed by atoms with E-state index in [0.717, 1.165) is 18.2 Å². The van der Waals surface area contributed by atoms with E-state index in [1.807, 2.05) is 36.5 Å². The number of aromatic nitrogens is 2. The molecule has 28 heavy (non-hydrogen) atoms. The number of halogens is 3. The van der Waals surface area contributed by atoms with Crippen molar-refractivity contribution < 1.29 is 18.0 Å². The first kappa shape index (κ1) is 21.3. The standard InChI is InChI=1S/C18H23F3N6O/c1-22-17(24-11-16(28)26(2)13-18(19,20)21)23-10-14-6-3-4-7-15(14)12-27-9-5-8-25-27/h3-9H,10-13H2,1-2H3,(H2,22,23,24). The van der Waals surface area contributed by atoms with Gasteiger partial charge in [-0.25, -0.2) is 0 Å². The lowest BCUT2D eigenvalue weighted by molar-refractivity contribution is -0.157. The molecule has 7 nitrogen and oxygen atoms in total. The molecule has 2 rings (SSSR count). The van der Waals surface area contributed by atoms with Crippen molar-refractivity contribution in [1.82, 2.24) is 25.3 Å². The summed E-state index contributed by atoms with van der Waals surface area (Å²) < 4.78 is 38.9. The second-order valence-electron chi connectivity index (χ2n) is 6.12. The van der Waals surface area contributed by atoms with Crippen LogP contribution in [0.3, 0.4) is 0 Å². The van der Waals surface area contributed by atoms with Gasteiger partial charge in [0.2, 0.25) is 5.91 Å². The van der Waals surface area contributed by atoms with Crippen LogP contribution in [0.2, 0.25) is 0 Å². The Morgan fingerprint density at radius 2 is 1.93 bits per heavy atom. The van der Waals surface area contributed by atoms with Gasteiger partial charge in [-0.15, -0.1) is 0 Å². The fraction of sp³-hybridized carbons (Fsp3) is 0.389. The van der Waals surface area contributed by atoms with Crippen molar-refractivity contribution in [3.05, 3.63) is 53.9 Å². The molecule has 152 valence electrons. The molecule has 0 fully saturated rings. The molecule has 0 aliphatic heterocycles. The summed E-state index contributed by atoms with van der Waals surface area (Å²) in [4.78, 5) is 16.4. The third-order valence-electron chi connectivity index (χ3n) is 3.93. The molecule has 0 saturated carbocycles. The number of aliphatic imine (C=N–C) groups is 1. The predicted octanol–water partition coefficient (Wildman–Crippen LogP) is 1.62. The van der Waals surface area contributed by atoms with Crippen LogP contribution in [0, 0.1) is 0 Å². The molecule has 0 spiro atoms. The number of benzene rings is 1. The molecule has 2 aromatic rings. The Bertz CT molecular complexity index is 789. The largest absolute Gasteiger partial charge is 0.406 e. The predicted molar refractivity (Wildman–Crippen MR) is 99.7 cm³/mol. The number of hydrogen-bond donors (Lipinski definition) is 2. The molecule has 1 aromatic carbocycles. The maximum Gasteiger partial charge on any atom is 0.406 e. The highest BCUT2D eigenvalue weighted by molar-refractivity contribution is 5.86. The van der Waals surface area contributed by atoms with Crippen molar-refractivity contribution in [1.29, 1.82) is 0 Å². The summed E-state index contributed by atoms with van der Waals surface area (Å²) in [6.07, 6.45) is -0.851. The lowest BCUT2D eigenvalue weighted by Crippen LogP contribution is -2.45. The van der Waals surface area contributed by atoms with Crippen LogP contribution in [0.4, 0.5) is 13.2 Å². The van der Waals surface area contributed by atoms with Gasteiger partial charge in [-0.2, -0.15) is 18.3 Å². The molecule has 0 radical (unpaired) electrons. The molecule has 0 bridgehead atoms. The number of alkyl halides is 3. The summed E-state index contributed by atoms with van der Waals surface area (Å²) in [5, 5.41) is 9.99. The Morgan fingerprint density at radius 1 is 1.21 bits per heavy atom. The van der Waals surface area contributed by atoms with Crippen LogP contribution in [0.25, 0.3) is 0 Å². The summed E-state index contributed by atoms with van der Waals surface area (Å²) in [5.41, 5.74) is 2.08. The number of amides is 1. The van der Waals surface area contributed by atoms with E-state index in [-0.39, 0.29) is 6.54 Å². The quantitative estimate of drug-likeness (QED) is 0.551. The van der Waals surface area contributed by atoms with Gasteiger partial charge in [0.1, 0.15) is 6.54 Å². The van der Waals surface area contributed by atoms with Crippen molar-refractivity contribution >= 4 is 11.9 Å². The van der Waals surface area contributed by atoms with E-state index < -0.39 is 18.6 Å². The third kappa shape index (κ3) is 6.93. The zero-order valence-corrected chi connectivity index (χ0v) is 15.7. The highest BCUT2D eigenvalue weighted by Gasteiger charge is 2.31. The number of nitrogens with zero attached hydrogens (tertiary/aromatic N) is 4. The van der Waals surface area contributed by atoms with E-state index in [1.54, 1.807) is 10.9 Å². The molecule has 0 unspecified atom stereocenters. The molecule has 0 aliphatic carbocycles. The van der Waals surface area contributed by atoms with E-state index in [2.05, 4.69) is 20.7 Å². The lowest BCUT2D eigenvalue weighted by Gasteiger charge is -2.20. The molecule has 10 heteroatoms. The number of guanidine groups is 1. The number of nitrogens with one attached hydrogen (secondary N) is 2. The number of rotatable bonds is 7. The van der Waals surface area contributed by atoms with Gasteiger partial charge in [0.25, 0.3) is 0 Å². The van der Waals surface area contributed by atoms with Gasteiger partial charge in [0.15, 0.2) is 5.96 Å². The van der Waals surface area contributed by atoms with Crippen molar-refractivity contribution in [3.8, 4) is 0 Å². The minimum Gasteiger partial charge on any atom is -0.352 e. The fourth-order valence-electron chi connectivity index (χ4n) is 2.50. The first-order chi connectivity index (χ1) is 13.3. The van der Waals surface area contributed by atoms with Crippen molar-refractivity contribution in [2.24, 2.45) is 4.99 Å². The molecule has 0 atom stereocenters. The number of hydrogen-bond acceptors (Lipinski definition) is 3. The van der Waals surface area contributed by atoms with Crippen LogP contribution in [0.5, 0.6) is 0 Å². The zero-order valence-electron chi connectivity index (χ0n) is 15.7. The van der Waals surface area contributed by atoms with Gasteiger partial charge in [0, 0.05) is 33.0 Å². The average molecular weight is 396 g/mol. The molecule has 1 heterocycles. The maximum atomic E-state index is 12.4. The van der Waals surface area contributed by atoms with E-state index in [1.165, 1.54) is 7.05 Å². The minimum atomic E-state index is -4.43. The van der Waals surface area contributed by atoms with E-state index in [9.17, 15) is 18.0 Å². The number of carbonyl (C=O) groups is 1. The Morgan fingerprint density at radius 3 is 2.54 bits per heavy atom. The molecule has 1 amide bonds. The van der Waals surface area contributed by atoms with Crippen LogP contribution >= 0.6 is 0 Å². The highest BCUT2D eigenvalue weighted by Crippen LogP contribution is 2.15. The molecule has 1 aromatic heterocycles. The number of likely N-dealkylation sites (N-methyl/N-ethyl adjacent to an activating group) is 1. The van der Waals surface area contributed by atoms with Gasteiger partial charge in [0.05, 0.1) is 13.1 Å². The SMILES string of the molecule is CN=C(NCC(=O)N(C)CC(F)(F)F)NCc1ccccc1Cn1cccn1. The molecule has 2 N–H and O–H groups in total. The smallest absolute Gasteiger partial charge is 0.352 e. The summed E-state index contributed by atoms with van der Waals surface area (Å²) in [6.45, 7) is -0.539. The Hall–Kier alpha value is -3.04. The summed E-state index contributed by atoms with van der Waals surface area (Å²) in [6, 6.07) is 9.64. The Labute approximate surface area is 161 Å². The Kier molecular flexibility index (Phi) is 7.42.